The first-order valence-corrected chi connectivity index (χ1v) is 19.5. The maximum absolute atomic E-state index is 5.79. The fourth-order valence-corrected chi connectivity index (χ4v) is 12.7. The van der Waals surface area contributed by atoms with E-state index in [9.17, 15) is 0 Å². The summed E-state index contributed by atoms with van der Waals surface area (Å²) < 4.78 is 2.32. The van der Waals surface area contributed by atoms with Gasteiger partial charge in [-0.2, -0.15) is 0 Å². The number of thiol groups is 1. The first-order chi connectivity index (χ1) is 22.5. The van der Waals surface area contributed by atoms with Gasteiger partial charge in [-0.05, 0) is 0 Å². The number of imidazole rings is 1. The van der Waals surface area contributed by atoms with E-state index < -0.39 is 5.81 Å². The topological polar surface area (TPSA) is 17.3 Å². The van der Waals surface area contributed by atoms with Crippen molar-refractivity contribution in [1.82, 2.24) is 9.38 Å². The Bertz CT molecular complexity index is 2580. The molecule has 0 aliphatic carbocycles. The van der Waals surface area contributed by atoms with Crippen molar-refractivity contribution in [2.24, 2.45) is 0 Å². The van der Waals surface area contributed by atoms with Crippen molar-refractivity contribution in [2.45, 2.75) is 0 Å². The molecule has 0 saturated carbocycles. The molecule has 2 heterocycles. The van der Waals surface area contributed by atoms with Crippen LogP contribution in [0.1, 0.15) is 0 Å². The number of hydrogen-bond acceptors (Lipinski definition) is 2. The van der Waals surface area contributed by atoms with Crippen LogP contribution in [0.2, 0.25) is 0 Å². The molecular formula is C42H31N2PS. The molecule has 0 unspecified atom stereocenters. The summed E-state index contributed by atoms with van der Waals surface area (Å²) in [4.78, 5) is 5.26. The van der Waals surface area contributed by atoms with Gasteiger partial charge in [0.2, 0.25) is 0 Å². The Hall–Kier alpha value is -4.95. The summed E-state index contributed by atoms with van der Waals surface area (Å²) in [6, 6.07) is 59.1. The zero-order valence-electron chi connectivity index (χ0n) is 25.4. The summed E-state index contributed by atoms with van der Waals surface area (Å²) in [6.07, 6.45) is 0. The van der Waals surface area contributed by atoms with Gasteiger partial charge < -0.3 is 0 Å². The molecule has 0 fully saturated rings. The number of benzene rings is 7. The van der Waals surface area contributed by atoms with Crippen LogP contribution in [0.15, 0.2) is 164 Å². The fraction of sp³-hybridized carbons (Fsp3) is 0.0238. The minimum absolute atomic E-state index is 0.991. The molecule has 46 heavy (non-hydrogen) atoms. The molecule has 0 radical (unpaired) electrons. The van der Waals surface area contributed by atoms with E-state index in [4.69, 9.17) is 17.2 Å². The molecule has 9 rings (SSSR count). The van der Waals surface area contributed by atoms with Gasteiger partial charge in [0.15, 0.2) is 0 Å². The van der Waals surface area contributed by atoms with Crippen molar-refractivity contribution in [3.05, 3.63) is 164 Å². The molecule has 7 aromatic carbocycles. The summed E-state index contributed by atoms with van der Waals surface area (Å²) in [5.41, 5.74) is 6.62. The van der Waals surface area contributed by atoms with Crippen molar-refractivity contribution in [1.29, 1.82) is 0 Å². The molecule has 0 N–H and O–H groups in total. The van der Waals surface area contributed by atoms with Crippen LogP contribution in [0.25, 0.3) is 60.3 Å². The van der Waals surface area contributed by atoms with Crippen LogP contribution in [0.3, 0.4) is 0 Å². The number of fused-ring (bicyclic) bond motifs is 9. The third-order valence-corrected chi connectivity index (χ3v) is 16.6. The molecule has 2 nitrogen and oxygen atoms in total. The van der Waals surface area contributed by atoms with Crippen LogP contribution in [0.5, 0.6) is 0 Å². The Balaban J connectivity index is 1.30. The molecule has 4 heteroatoms. The molecule has 0 amide bonds. The van der Waals surface area contributed by atoms with E-state index in [2.05, 4.69) is 175 Å². The van der Waals surface area contributed by atoms with Crippen molar-refractivity contribution < 1.29 is 0 Å². The molecule has 0 aliphatic rings. The molecule has 0 spiro atoms. The summed E-state index contributed by atoms with van der Waals surface area (Å²) >= 11 is 5.79. The van der Waals surface area contributed by atoms with Gasteiger partial charge in [0.25, 0.3) is 0 Å². The molecule has 220 valence electrons. The Labute approximate surface area is 273 Å². The van der Waals surface area contributed by atoms with Gasteiger partial charge in [0.1, 0.15) is 0 Å². The predicted octanol–water partition coefficient (Wildman–Crippen LogP) is 9.92. The van der Waals surface area contributed by atoms with Crippen LogP contribution in [0.4, 0.5) is 0 Å². The molecule has 0 aliphatic heterocycles. The van der Waals surface area contributed by atoms with Crippen molar-refractivity contribution >= 4 is 83.1 Å². The minimum atomic E-state index is -3.12. The Kier molecular flexibility index (Phi) is 5.96. The zero-order valence-corrected chi connectivity index (χ0v) is 27.2. The maximum atomic E-state index is 5.79. The summed E-state index contributed by atoms with van der Waals surface area (Å²) in [5.74, 6) is -3.12. The number of hydrogen-bond donors (Lipinski definition) is 1. The van der Waals surface area contributed by atoms with Gasteiger partial charge in [0, 0.05) is 0 Å². The zero-order chi connectivity index (χ0) is 30.9. The van der Waals surface area contributed by atoms with E-state index in [-0.39, 0.29) is 0 Å². The number of para-hydroxylation sites is 1. The summed E-state index contributed by atoms with van der Waals surface area (Å²) in [6.45, 7) is 2.37. The van der Waals surface area contributed by atoms with Crippen molar-refractivity contribution in [3.8, 4) is 11.1 Å². The van der Waals surface area contributed by atoms with Crippen LogP contribution in [-0.2, 0) is 0 Å². The molecule has 0 saturated heterocycles. The second kappa shape index (κ2) is 10.0. The standard InChI is InChI=1S/C42H31N2PS/c1-45(46,30-14-4-2-5-15-30,31-16-6-3-7-17-31)41-27-25-32(33-18-8-10-21-36(33)41)29-24-26-40-38(28-29)43-42-37-22-11-9-19-34(37)35-20-12-13-23-39(35)44(40)42/h2-28,46H,1H3. The van der Waals surface area contributed by atoms with Crippen LogP contribution < -0.4 is 15.9 Å². The number of rotatable bonds is 4. The average molecular weight is 627 g/mol. The quantitative estimate of drug-likeness (QED) is 0.117. The van der Waals surface area contributed by atoms with Gasteiger partial charge in [0.05, 0.1) is 0 Å². The van der Waals surface area contributed by atoms with E-state index in [1.54, 1.807) is 0 Å². The molecule has 9 aromatic rings. The van der Waals surface area contributed by atoms with Crippen molar-refractivity contribution in [3.63, 3.8) is 0 Å². The monoisotopic (exact) mass is 626 g/mol. The van der Waals surface area contributed by atoms with Crippen molar-refractivity contribution in [2.75, 3.05) is 6.66 Å². The van der Waals surface area contributed by atoms with Gasteiger partial charge in [-0.1, -0.05) is 12.1 Å². The van der Waals surface area contributed by atoms with Gasteiger partial charge in [-0.15, -0.1) is 0 Å². The number of aromatic nitrogens is 2. The average Bonchev–Trinajstić information content (AvgIpc) is 3.51. The van der Waals surface area contributed by atoms with Gasteiger partial charge in [-0.25, -0.2) is 0 Å². The van der Waals surface area contributed by atoms with E-state index in [1.807, 2.05) is 0 Å². The second-order valence-electron chi connectivity index (χ2n) is 12.4. The SMILES string of the molecule is CP(S)(c1ccccc1)(c1ccccc1)c1ccc(-c2ccc3c(c2)nc2c4ccccc4c4ccccc4n32)c2ccccc12. The Morgan fingerprint density at radius 3 is 1.76 bits per heavy atom. The number of nitrogens with zero attached hydrogens (tertiary/aromatic N) is 2. The van der Waals surface area contributed by atoms with Crippen LogP contribution in [-0.4, -0.2) is 16.0 Å². The van der Waals surface area contributed by atoms with E-state index >= 15 is 0 Å². The van der Waals surface area contributed by atoms with E-state index in [0.717, 1.165) is 22.2 Å². The van der Waals surface area contributed by atoms with Gasteiger partial charge >= 0.3 is 262 Å². The van der Waals surface area contributed by atoms with Crippen LogP contribution in [0, 0.1) is 0 Å². The second-order valence-corrected chi connectivity index (χ2v) is 19.9. The van der Waals surface area contributed by atoms with E-state index in [1.165, 1.54) is 53.9 Å². The molecule has 2 aromatic heterocycles. The van der Waals surface area contributed by atoms with Gasteiger partial charge in [-0.3, -0.25) is 0 Å². The molecule has 0 bridgehead atoms. The summed E-state index contributed by atoms with van der Waals surface area (Å²) in [7, 11) is 0. The molecular weight excluding hydrogens is 596 g/mol. The van der Waals surface area contributed by atoms with E-state index in [0.29, 0.717) is 0 Å². The Morgan fingerprint density at radius 1 is 0.500 bits per heavy atom. The first-order valence-electron chi connectivity index (χ1n) is 15.6. The van der Waals surface area contributed by atoms with Crippen LogP contribution >= 0.6 is 18.1 Å². The third-order valence-electron chi connectivity index (χ3n) is 9.84. The fourth-order valence-electron chi connectivity index (χ4n) is 7.51. The third kappa shape index (κ3) is 3.80. The first kappa shape index (κ1) is 27.4. The Morgan fingerprint density at radius 2 is 1.07 bits per heavy atom. The summed E-state index contributed by atoms with van der Waals surface area (Å²) in [5, 5.41) is 9.87. The number of pyridine rings is 1. The predicted molar refractivity (Wildman–Crippen MR) is 204 cm³/mol. The molecule has 0 atom stereocenters. The normalized spacial score (nSPS) is 13.0.